The van der Waals surface area contributed by atoms with Crippen LogP contribution in [0.1, 0.15) is 5.56 Å². The largest absolute Gasteiger partial charge is 0.481 e. The Hall–Kier alpha value is -2.89. The Kier molecular flexibility index (Phi) is 3.28. The molecule has 6 heteroatoms. The molecule has 0 amide bonds. The van der Waals surface area contributed by atoms with Gasteiger partial charge in [0, 0.05) is 29.4 Å². The molecule has 0 aliphatic carbocycles. The fraction of sp³-hybridized carbons (Fsp3) is 0.0714. The molecule has 0 unspecified atom stereocenters. The van der Waals surface area contributed by atoms with Crippen molar-refractivity contribution >= 4 is 23.1 Å². The Bertz CT molecular complexity index is 750. The van der Waals surface area contributed by atoms with Crippen LogP contribution in [0.15, 0.2) is 47.8 Å². The second kappa shape index (κ2) is 5.40. The van der Waals surface area contributed by atoms with E-state index in [4.69, 9.17) is 4.74 Å². The van der Waals surface area contributed by atoms with Gasteiger partial charge in [0.25, 0.3) is 0 Å². The van der Waals surface area contributed by atoms with Crippen LogP contribution in [0.3, 0.4) is 0 Å². The van der Waals surface area contributed by atoms with Crippen LogP contribution in [-0.4, -0.2) is 28.3 Å². The molecular weight excluding hydrogens is 254 g/mol. The van der Waals surface area contributed by atoms with Gasteiger partial charge in [0.1, 0.15) is 11.5 Å². The Morgan fingerprint density at radius 3 is 3.15 bits per heavy atom. The fourth-order valence-corrected chi connectivity index (χ4v) is 1.85. The molecule has 0 spiro atoms. The van der Waals surface area contributed by atoms with Gasteiger partial charge in [0.15, 0.2) is 0 Å². The van der Waals surface area contributed by atoms with Gasteiger partial charge in [-0.05, 0) is 18.2 Å². The van der Waals surface area contributed by atoms with E-state index in [-0.39, 0.29) is 0 Å². The summed E-state index contributed by atoms with van der Waals surface area (Å²) in [5.41, 5.74) is 4.69. The Labute approximate surface area is 115 Å². The first-order chi connectivity index (χ1) is 9.86. The quantitative estimate of drug-likeness (QED) is 0.562. The average Bonchev–Trinajstić information content (AvgIpc) is 2.97. The van der Waals surface area contributed by atoms with E-state index >= 15 is 0 Å². The summed E-state index contributed by atoms with van der Waals surface area (Å²) in [6, 6.07) is 9.31. The third kappa shape index (κ3) is 2.44. The molecule has 0 radical (unpaired) electrons. The van der Waals surface area contributed by atoms with Crippen molar-refractivity contribution in [3.63, 3.8) is 0 Å². The third-order valence-electron chi connectivity index (χ3n) is 2.81. The predicted molar refractivity (Wildman–Crippen MR) is 78.1 cm³/mol. The minimum absolute atomic E-state index is 0.544. The molecule has 0 saturated heterocycles. The van der Waals surface area contributed by atoms with Crippen LogP contribution < -0.4 is 10.2 Å². The summed E-state index contributed by atoms with van der Waals surface area (Å²) >= 11 is 0. The number of pyridine rings is 2. The third-order valence-corrected chi connectivity index (χ3v) is 2.81. The number of anilines is 1. The van der Waals surface area contributed by atoms with Crippen molar-refractivity contribution in [2.75, 3.05) is 12.5 Å². The first-order valence-corrected chi connectivity index (χ1v) is 6.09. The van der Waals surface area contributed by atoms with Crippen LogP contribution >= 0.6 is 0 Å². The number of hydrazone groups is 1. The molecule has 0 fully saturated rings. The highest BCUT2D eigenvalue weighted by molar-refractivity contribution is 5.97. The molecule has 3 aromatic rings. The van der Waals surface area contributed by atoms with Gasteiger partial charge in [0.05, 0.1) is 13.3 Å². The SMILES string of the molecule is COc1cccc(N/N=C/c2ccnc3[nH]ccc23)n1. The van der Waals surface area contributed by atoms with Crippen molar-refractivity contribution in [1.82, 2.24) is 15.0 Å². The summed E-state index contributed by atoms with van der Waals surface area (Å²) in [5.74, 6) is 1.17. The smallest absolute Gasteiger partial charge is 0.214 e. The average molecular weight is 267 g/mol. The van der Waals surface area contributed by atoms with Gasteiger partial charge >= 0.3 is 0 Å². The van der Waals surface area contributed by atoms with Crippen LogP contribution in [0.5, 0.6) is 5.88 Å². The Morgan fingerprint density at radius 1 is 1.30 bits per heavy atom. The second-order valence-electron chi connectivity index (χ2n) is 4.08. The topological polar surface area (TPSA) is 75.2 Å². The summed E-state index contributed by atoms with van der Waals surface area (Å²) in [7, 11) is 1.58. The summed E-state index contributed by atoms with van der Waals surface area (Å²) in [5, 5.41) is 5.21. The molecule has 0 aliphatic rings. The van der Waals surface area contributed by atoms with Crippen LogP contribution in [0, 0.1) is 0 Å². The summed E-state index contributed by atoms with van der Waals surface area (Å²) in [6.45, 7) is 0. The second-order valence-corrected chi connectivity index (χ2v) is 4.08. The molecule has 3 rings (SSSR count). The van der Waals surface area contributed by atoms with Gasteiger partial charge in [-0.25, -0.2) is 4.98 Å². The van der Waals surface area contributed by atoms with E-state index in [1.165, 1.54) is 0 Å². The van der Waals surface area contributed by atoms with E-state index in [1.807, 2.05) is 30.5 Å². The summed E-state index contributed by atoms with van der Waals surface area (Å²) in [4.78, 5) is 11.5. The lowest BCUT2D eigenvalue weighted by atomic mass is 10.2. The molecule has 2 N–H and O–H groups in total. The first-order valence-electron chi connectivity index (χ1n) is 6.09. The zero-order chi connectivity index (χ0) is 13.8. The lowest BCUT2D eigenvalue weighted by Crippen LogP contribution is -1.95. The van der Waals surface area contributed by atoms with E-state index in [0.29, 0.717) is 11.7 Å². The van der Waals surface area contributed by atoms with Crippen molar-refractivity contribution in [2.24, 2.45) is 5.10 Å². The van der Waals surface area contributed by atoms with Crippen molar-refractivity contribution in [3.8, 4) is 5.88 Å². The number of aromatic nitrogens is 3. The monoisotopic (exact) mass is 267 g/mol. The molecule has 100 valence electrons. The zero-order valence-electron chi connectivity index (χ0n) is 10.9. The van der Waals surface area contributed by atoms with Gasteiger partial charge in [-0.15, -0.1) is 0 Å². The number of H-pyrrole nitrogens is 1. The molecule has 0 aromatic carbocycles. The standard InChI is InChI=1S/C14H13N5O/c1-20-13-4-2-3-12(18-13)19-17-9-10-5-7-15-14-11(10)6-8-16-14/h2-9H,1H3,(H,15,16)(H,18,19)/b17-9+. The molecular formula is C14H13N5O. The maximum atomic E-state index is 5.05. The lowest BCUT2D eigenvalue weighted by Gasteiger charge is -2.02. The number of ether oxygens (including phenoxy) is 1. The number of nitrogens with zero attached hydrogens (tertiary/aromatic N) is 3. The molecule has 0 atom stereocenters. The summed E-state index contributed by atoms with van der Waals surface area (Å²) < 4.78 is 5.05. The van der Waals surface area contributed by atoms with Crippen LogP contribution in [0.25, 0.3) is 11.0 Å². The highest BCUT2D eigenvalue weighted by Gasteiger charge is 2.00. The van der Waals surface area contributed by atoms with E-state index < -0.39 is 0 Å². The van der Waals surface area contributed by atoms with Gasteiger partial charge in [0.2, 0.25) is 5.88 Å². The zero-order valence-corrected chi connectivity index (χ0v) is 10.9. The lowest BCUT2D eigenvalue weighted by molar-refractivity contribution is 0.398. The van der Waals surface area contributed by atoms with Gasteiger partial charge in [-0.2, -0.15) is 10.1 Å². The summed E-state index contributed by atoms with van der Waals surface area (Å²) in [6.07, 6.45) is 5.33. The molecule has 0 bridgehead atoms. The number of hydrogen-bond donors (Lipinski definition) is 2. The maximum absolute atomic E-state index is 5.05. The number of fused-ring (bicyclic) bond motifs is 1. The van der Waals surface area contributed by atoms with Gasteiger partial charge in [-0.3, -0.25) is 5.43 Å². The minimum Gasteiger partial charge on any atom is -0.481 e. The first kappa shape index (κ1) is 12.2. The molecule has 3 heterocycles. The normalized spacial score (nSPS) is 11.1. The number of hydrogen-bond acceptors (Lipinski definition) is 5. The van der Waals surface area contributed by atoms with E-state index in [9.17, 15) is 0 Å². The molecule has 20 heavy (non-hydrogen) atoms. The van der Waals surface area contributed by atoms with Crippen molar-refractivity contribution in [2.45, 2.75) is 0 Å². The fourth-order valence-electron chi connectivity index (χ4n) is 1.85. The van der Waals surface area contributed by atoms with Crippen molar-refractivity contribution in [1.29, 1.82) is 0 Å². The molecule has 6 nitrogen and oxygen atoms in total. The van der Waals surface area contributed by atoms with Gasteiger partial charge < -0.3 is 9.72 Å². The van der Waals surface area contributed by atoms with E-state index in [0.717, 1.165) is 16.6 Å². The van der Waals surface area contributed by atoms with Gasteiger partial charge in [-0.1, -0.05) is 6.07 Å². The van der Waals surface area contributed by atoms with Crippen molar-refractivity contribution < 1.29 is 4.74 Å². The van der Waals surface area contributed by atoms with E-state index in [2.05, 4.69) is 25.5 Å². The van der Waals surface area contributed by atoms with Crippen molar-refractivity contribution in [3.05, 3.63) is 48.3 Å². The van der Waals surface area contributed by atoms with Crippen LogP contribution in [0.4, 0.5) is 5.82 Å². The highest BCUT2D eigenvalue weighted by atomic mass is 16.5. The van der Waals surface area contributed by atoms with Crippen LogP contribution in [0.2, 0.25) is 0 Å². The molecule has 0 saturated carbocycles. The van der Waals surface area contributed by atoms with Crippen LogP contribution in [-0.2, 0) is 0 Å². The number of rotatable bonds is 4. The molecule has 0 aliphatic heterocycles. The predicted octanol–water partition coefficient (Wildman–Crippen LogP) is 2.41. The minimum atomic E-state index is 0.544. The Balaban J connectivity index is 1.79. The Morgan fingerprint density at radius 2 is 2.25 bits per heavy atom. The number of aromatic amines is 1. The maximum Gasteiger partial charge on any atom is 0.214 e. The highest BCUT2D eigenvalue weighted by Crippen LogP contribution is 2.13. The van der Waals surface area contributed by atoms with E-state index in [1.54, 1.807) is 25.6 Å². The molecule has 3 aromatic heterocycles. The number of nitrogens with one attached hydrogen (secondary N) is 2. The number of methoxy groups -OCH3 is 1.